The minimum Gasteiger partial charge on any atom is -0.497 e. The SMILES string of the molecule is CCOc1c(Br)cc(Cl)cc1NC(=O)Cc1cccc(OC)c1. The summed E-state index contributed by atoms with van der Waals surface area (Å²) in [6.07, 6.45) is 0.229. The van der Waals surface area contributed by atoms with Gasteiger partial charge in [-0.2, -0.15) is 0 Å². The van der Waals surface area contributed by atoms with E-state index in [2.05, 4.69) is 21.2 Å². The van der Waals surface area contributed by atoms with Crippen LogP contribution in [-0.2, 0) is 11.2 Å². The lowest BCUT2D eigenvalue weighted by Gasteiger charge is -2.14. The molecule has 6 heteroatoms. The van der Waals surface area contributed by atoms with Crippen molar-refractivity contribution >= 4 is 39.1 Å². The van der Waals surface area contributed by atoms with Crippen molar-refractivity contribution in [1.82, 2.24) is 0 Å². The summed E-state index contributed by atoms with van der Waals surface area (Å²) in [7, 11) is 1.59. The number of halogens is 2. The second-order valence-electron chi connectivity index (χ2n) is 4.77. The Labute approximate surface area is 148 Å². The molecule has 0 bridgehead atoms. The second-order valence-corrected chi connectivity index (χ2v) is 6.06. The molecule has 2 rings (SSSR count). The summed E-state index contributed by atoms with van der Waals surface area (Å²) in [6, 6.07) is 10.8. The number of benzene rings is 2. The molecule has 0 aromatic heterocycles. The quantitative estimate of drug-likeness (QED) is 0.768. The molecule has 1 amide bonds. The molecule has 122 valence electrons. The van der Waals surface area contributed by atoms with E-state index < -0.39 is 0 Å². The molecule has 0 saturated heterocycles. The van der Waals surface area contributed by atoms with Gasteiger partial charge in [-0.1, -0.05) is 23.7 Å². The third-order valence-electron chi connectivity index (χ3n) is 3.07. The van der Waals surface area contributed by atoms with Crippen LogP contribution in [0.25, 0.3) is 0 Å². The normalized spacial score (nSPS) is 10.3. The molecular weight excluding hydrogens is 382 g/mol. The number of nitrogens with one attached hydrogen (secondary N) is 1. The van der Waals surface area contributed by atoms with Crippen LogP contribution < -0.4 is 14.8 Å². The minimum absolute atomic E-state index is 0.159. The van der Waals surface area contributed by atoms with E-state index in [1.165, 1.54) is 0 Å². The van der Waals surface area contributed by atoms with Crippen molar-refractivity contribution in [3.05, 3.63) is 51.5 Å². The van der Waals surface area contributed by atoms with Gasteiger partial charge >= 0.3 is 0 Å². The standard InChI is InChI=1S/C17H17BrClNO3/c1-3-23-17-14(18)9-12(19)10-15(17)20-16(21)8-11-5-4-6-13(7-11)22-2/h4-7,9-10H,3,8H2,1-2H3,(H,20,21). The van der Waals surface area contributed by atoms with Crippen LogP contribution in [0.4, 0.5) is 5.69 Å². The van der Waals surface area contributed by atoms with E-state index in [0.717, 1.165) is 11.3 Å². The van der Waals surface area contributed by atoms with E-state index in [1.807, 2.05) is 31.2 Å². The first-order chi connectivity index (χ1) is 11.0. The van der Waals surface area contributed by atoms with E-state index in [-0.39, 0.29) is 12.3 Å². The van der Waals surface area contributed by atoms with E-state index in [1.54, 1.807) is 19.2 Å². The highest BCUT2D eigenvalue weighted by Gasteiger charge is 2.13. The first-order valence-corrected chi connectivity index (χ1v) is 8.25. The number of anilines is 1. The largest absolute Gasteiger partial charge is 0.497 e. The van der Waals surface area contributed by atoms with Crippen molar-refractivity contribution in [1.29, 1.82) is 0 Å². The topological polar surface area (TPSA) is 47.6 Å². The highest BCUT2D eigenvalue weighted by molar-refractivity contribution is 9.10. The number of rotatable bonds is 6. The summed E-state index contributed by atoms with van der Waals surface area (Å²) < 4.78 is 11.4. The summed E-state index contributed by atoms with van der Waals surface area (Å²) in [5, 5.41) is 3.35. The van der Waals surface area contributed by atoms with Crippen LogP contribution in [0, 0.1) is 0 Å². The maximum absolute atomic E-state index is 12.3. The predicted octanol–water partition coefficient (Wildman–Crippen LogP) is 4.69. The maximum atomic E-state index is 12.3. The fourth-order valence-electron chi connectivity index (χ4n) is 2.11. The summed E-state index contributed by atoms with van der Waals surface area (Å²) in [5.41, 5.74) is 1.40. The Balaban J connectivity index is 2.16. The third-order valence-corrected chi connectivity index (χ3v) is 3.88. The predicted molar refractivity (Wildman–Crippen MR) is 95.6 cm³/mol. The Morgan fingerprint density at radius 3 is 2.78 bits per heavy atom. The van der Waals surface area contributed by atoms with Crippen LogP contribution in [0.5, 0.6) is 11.5 Å². The van der Waals surface area contributed by atoms with E-state index in [9.17, 15) is 4.79 Å². The van der Waals surface area contributed by atoms with Gasteiger partial charge in [0.2, 0.25) is 5.91 Å². The fraction of sp³-hybridized carbons (Fsp3) is 0.235. The van der Waals surface area contributed by atoms with Crippen molar-refractivity contribution < 1.29 is 14.3 Å². The van der Waals surface area contributed by atoms with Gasteiger partial charge in [-0.15, -0.1) is 0 Å². The number of carbonyl (C=O) groups excluding carboxylic acids is 1. The zero-order chi connectivity index (χ0) is 16.8. The van der Waals surface area contributed by atoms with Gasteiger partial charge in [-0.05, 0) is 52.7 Å². The lowest BCUT2D eigenvalue weighted by atomic mass is 10.1. The molecule has 0 aliphatic heterocycles. The van der Waals surface area contributed by atoms with E-state index >= 15 is 0 Å². The molecule has 0 radical (unpaired) electrons. The van der Waals surface area contributed by atoms with Crippen molar-refractivity contribution in [3.63, 3.8) is 0 Å². The molecule has 0 fully saturated rings. The van der Waals surface area contributed by atoms with Gasteiger partial charge in [0.1, 0.15) is 5.75 Å². The van der Waals surface area contributed by atoms with E-state index in [4.69, 9.17) is 21.1 Å². The molecule has 0 unspecified atom stereocenters. The van der Waals surface area contributed by atoms with Gasteiger partial charge in [0, 0.05) is 5.02 Å². The first kappa shape index (κ1) is 17.6. The average Bonchev–Trinajstić information content (AvgIpc) is 2.50. The molecule has 0 aliphatic carbocycles. The van der Waals surface area contributed by atoms with Crippen molar-refractivity contribution in [2.75, 3.05) is 19.0 Å². The number of methoxy groups -OCH3 is 1. The number of hydrogen-bond donors (Lipinski definition) is 1. The van der Waals surface area contributed by atoms with Crippen molar-refractivity contribution in [3.8, 4) is 11.5 Å². The average molecular weight is 399 g/mol. The van der Waals surface area contributed by atoms with Crippen LogP contribution >= 0.6 is 27.5 Å². The molecule has 23 heavy (non-hydrogen) atoms. The smallest absolute Gasteiger partial charge is 0.228 e. The Bertz CT molecular complexity index is 706. The molecule has 0 saturated carbocycles. The Morgan fingerprint density at radius 1 is 1.30 bits per heavy atom. The first-order valence-electron chi connectivity index (χ1n) is 7.08. The maximum Gasteiger partial charge on any atom is 0.228 e. The molecular formula is C17H17BrClNO3. The molecule has 0 heterocycles. The molecule has 2 aromatic carbocycles. The molecule has 0 spiro atoms. The van der Waals surface area contributed by atoms with Gasteiger partial charge in [-0.25, -0.2) is 0 Å². The zero-order valence-electron chi connectivity index (χ0n) is 12.9. The molecule has 2 aromatic rings. The van der Waals surface area contributed by atoms with Crippen LogP contribution in [0.2, 0.25) is 5.02 Å². The number of amides is 1. The van der Waals surface area contributed by atoms with Crippen LogP contribution in [0.15, 0.2) is 40.9 Å². The highest BCUT2D eigenvalue weighted by atomic mass is 79.9. The minimum atomic E-state index is -0.159. The molecule has 0 aliphatic rings. The molecule has 1 N–H and O–H groups in total. The third kappa shape index (κ3) is 4.88. The van der Waals surface area contributed by atoms with Crippen LogP contribution in [0.3, 0.4) is 0 Å². The lowest BCUT2D eigenvalue weighted by Crippen LogP contribution is -2.15. The number of carbonyl (C=O) groups is 1. The monoisotopic (exact) mass is 397 g/mol. The summed E-state index contributed by atoms with van der Waals surface area (Å²) in [6.45, 7) is 2.36. The fourth-order valence-corrected chi connectivity index (χ4v) is 3.03. The van der Waals surface area contributed by atoms with Gasteiger partial charge in [0.15, 0.2) is 5.75 Å². The second kappa shape index (κ2) is 8.22. The van der Waals surface area contributed by atoms with Crippen LogP contribution in [0.1, 0.15) is 12.5 Å². The highest BCUT2D eigenvalue weighted by Crippen LogP contribution is 2.36. The van der Waals surface area contributed by atoms with Gasteiger partial charge in [-0.3, -0.25) is 4.79 Å². The number of hydrogen-bond acceptors (Lipinski definition) is 3. The lowest BCUT2D eigenvalue weighted by molar-refractivity contribution is -0.115. The van der Waals surface area contributed by atoms with Gasteiger partial charge in [0.05, 0.1) is 30.3 Å². The summed E-state index contributed by atoms with van der Waals surface area (Å²) in [5.74, 6) is 1.13. The summed E-state index contributed by atoms with van der Waals surface area (Å²) in [4.78, 5) is 12.3. The zero-order valence-corrected chi connectivity index (χ0v) is 15.2. The number of ether oxygens (including phenoxy) is 2. The molecule has 4 nitrogen and oxygen atoms in total. The van der Waals surface area contributed by atoms with Gasteiger partial charge in [0.25, 0.3) is 0 Å². The Morgan fingerprint density at radius 2 is 2.09 bits per heavy atom. The summed E-state index contributed by atoms with van der Waals surface area (Å²) >= 11 is 9.45. The van der Waals surface area contributed by atoms with E-state index in [0.29, 0.717) is 27.5 Å². The Hall–Kier alpha value is -1.72. The van der Waals surface area contributed by atoms with Crippen molar-refractivity contribution in [2.24, 2.45) is 0 Å². The van der Waals surface area contributed by atoms with Crippen LogP contribution in [-0.4, -0.2) is 19.6 Å². The van der Waals surface area contributed by atoms with Gasteiger partial charge < -0.3 is 14.8 Å². The van der Waals surface area contributed by atoms with Crippen molar-refractivity contribution in [2.45, 2.75) is 13.3 Å². The Kier molecular flexibility index (Phi) is 6.30. The molecule has 0 atom stereocenters.